The van der Waals surface area contributed by atoms with Gasteiger partial charge in [0.15, 0.2) is 0 Å². The van der Waals surface area contributed by atoms with Crippen molar-refractivity contribution in [3.63, 3.8) is 0 Å². The molecular weight excluding hydrogens is 187 g/mol. The topological polar surface area (TPSA) is 24.9 Å². The second-order valence-corrected chi connectivity index (χ2v) is 4.27. The van der Waals surface area contributed by atoms with E-state index in [0.29, 0.717) is 6.42 Å². The zero-order valence-electron chi connectivity index (χ0n) is 8.01. The average molecular weight is 202 g/mol. The second-order valence-electron chi connectivity index (χ2n) is 3.00. The monoisotopic (exact) mass is 202 g/mol. The normalized spacial score (nSPS) is 13.2. The molecule has 0 spiro atoms. The van der Waals surface area contributed by atoms with Gasteiger partial charge in [-0.1, -0.05) is 0 Å². The zero-order chi connectivity index (χ0) is 9.68. The quantitative estimate of drug-likeness (QED) is 0.742. The molecule has 0 bridgehead atoms. The molecule has 13 heavy (non-hydrogen) atoms. The van der Waals surface area contributed by atoms with Crippen LogP contribution in [0.2, 0.25) is 0 Å². The van der Waals surface area contributed by atoms with Gasteiger partial charge in [0, 0.05) is 17.1 Å². The maximum atomic E-state index is 11.8. The molecule has 1 rings (SSSR count). The number of halogens is 1. The fraction of sp³-hybridized carbons (Fsp3) is 0.667. The molecule has 1 unspecified atom stereocenters. The maximum Gasteiger partial charge on any atom is 0.0906 e. The minimum Gasteiger partial charge on any atom is -0.309 e. The number of hydrogen-bond donors (Lipinski definition) is 1. The molecule has 0 aliphatic carbocycles. The van der Waals surface area contributed by atoms with Crippen LogP contribution in [0.25, 0.3) is 0 Å². The third-order valence-electron chi connectivity index (χ3n) is 1.83. The lowest BCUT2D eigenvalue weighted by Gasteiger charge is -2.09. The van der Waals surface area contributed by atoms with Gasteiger partial charge >= 0.3 is 0 Å². The zero-order valence-corrected chi connectivity index (χ0v) is 8.83. The fourth-order valence-corrected chi connectivity index (χ4v) is 1.88. The van der Waals surface area contributed by atoms with Crippen molar-refractivity contribution in [1.29, 1.82) is 0 Å². The largest absolute Gasteiger partial charge is 0.309 e. The summed E-state index contributed by atoms with van der Waals surface area (Å²) in [5, 5.41) is 4.32. The van der Waals surface area contributed by atoms with Crippen LogP contribution in [0, 0.1) is 6.92 Å². The molecule has 4 heteroatoms. The molecular formula is C9H15FN2S. The van der Waals surface area contributed by atoms with Crippen LogP contribution in [0.15, 0.2) is 6.20 Å². The lowest BCUT2D eigenvalue weighted by atomic mass is 10.3. The molecule has 1 heterocycles. The van der Waals surface area contributed by atoms with Crippen molar-refractivity contribution >= 4 is 11.3 Å². The molecule has 74 valence electrons. The number of nitrogens with one attached hydrogen (secondary N) is 1. The lowest BCUT2D eigenvalue weighted by Crippen LogP contribution is -2.19. The van der Waals surface area contributed by atoms with Crippen molar-refractivity contribution < 1.29 is 4.39 Å². The number of rotatable bonds is 5. The van der Waals surface area contributed by atoms with Gasteiger partial charge in [-0.15, -0.1) is 11.3 Å². The van der Waals surface area contributed by atoms with Crippen LogP contribution in [0.1, 0.15) is 29.3 Å². The lowest BCUT2D eigenvalue weighted by molar-refractivity contribution is 0.447. The van der Waals surface area contributed by atoms with Gasteiger partial charge in [-0.2, -0.15) is 0 Å². The molecule has 1 atom stereocenters. The van der Waals surface area contributed by atoms with Gasteiger partial charge in [-0.05, 0) is 26.8 Å². The predicted octanol–water partition coefficient (Wildman–Crippen LogP) is 2.46. The van der Waals surface area contributed by atoms with Crippen LogP contribution >= 0.6 is 11.3 Å². The number of aromatic nitrogens is 1. The van der Waals surface area contributed by atoms with E-state index in [0.717, 1.165) is 11.6 Å². The number of hydrogen-bond acceptors (Lipinski definition) is 3. The van der Waals surface area contributed by atoms with Crippen LogP contribution in [0.5, 0.6) is 0 Å². The van der Waals surface area contributed by atoms with Crippen molar-refractivity contribution in [2.75, 3.05) is 13.2 Å². The third-order valence-corrected chi connectivity index (χ3v) is 2.92. The van der Waals surface area contributed by atoms with Crippen molar-refractivity contribution in [3.8, 4) is 0 Å². The summed E-state index contributed by atoms with van der Waals surface area (Å²) < 4.78 is 11.8. The molecule has 0 amide bonds. The highest BCUT2D eigenvalue weighted by atomic mass is 32.1. The standard InChI is InChI=1S/C9H15FN2S/c1-7(11-5-3-4-10)9-6-12-8(2)13-9/h6-7,11H,3-5H2,1-2H3. The smallest absolute Gasteiger partial charge is 0.0906 e. The van der Waals surface area contributed by atoms with Gasteiger partial charge in [0.25, 0.3) is 0 Å². The second kappa shape index (κ2) is 5.29. The first kappa shape index (κ1) is 10.6. The van der Waals surface area contributed by atoms with Crippen LogP contribution in [-0.4, -0.2) is 18.2 Å². The SMILES string of the molecule is Cc1ncc(C(C)NCCCF)s1. The molecule has 0 aliphatic heterocycles. The van der Waals surface area contributed by atoms with Gasteiger partial charge in [0.05, 0.1) is 11.7 Å². The molecule has 2 nitrogen and oxygen atoms in total. The number of alkyl halides is 1. The van der Waals surface area contributed by atoms with Crippen molar-refractivity contribution in [2.45, 2.75) is 26.3 Å². The van der Waals surface area contributed by atoms with Crippen LogP contribution in [-0.2, 0) is 0 Å². The Hall–Kier alpha value is -0.480. The van der Waals surface area contributed by atoms with E-state index >= 15 is 0 Å². The highest BCUT2D eigenvalue weighted by Crippen LogP contribution is 2.19. The predicted molar refractivity (Wildman–Crippen MR) is 53.9 cm³/mol. The van der Waals surface area contributed by atoms with Crippen LogP contribution in [0.4, 0.5) is 4.39 Å². The summed E-state index contributed by atoms with van der Waals surface area (Å²) in [7, 11) is 0. The Morgan fingerprint density at radius 3 is 3.00 bits per heavy atom. The van der Waals surface area contributed by atoms with E-state index in [-0.39, 0.29) is 12.7 Å². The van der Waals surface area contributed by atoms with E-state index in [2.05, 4.69) is 17.2 Å². The van der Waals surface area contributed by atoms with E-state index in [1.165, 1.54) is 4.88 Å². The summed E-state index contributed by atoms with van der Waals surface area (Å²) >= 11 is 1.69. The highest BCUT2D eigenvalue weighted by molar-refractivity contribution is 7.11. The Morgan fingerprint density at radius 2 is 2.46 bits per heavy atom. The van der Waals surface area contributed by atoms with E-state index in [1.54, 1.807) is 11.3 Å². The van der Waals surface area contributed by atoms with Gasteiger partial charge in [0.1, 0.15) is 0 Å². The van der Waals surface area contributed by atoms with Gasteiger partial charge in [-0.3, -0.25) is 4.39 Å². The molecule has 0 saturated carbocycles. The molecule has 1 aromatic rings. The molecule has 1 aromatic heterocycles. The molecule has 0 aliphatic rings. The van der Waals surface area contributed by atoms with E-state index in [9.17, 15) is 4.39 Å². The van der Waals surface area contributed by atoms with E-state index in [1.807, 2.05) is 13.1 Å². The van der Waals surface area contributed by atoms with Crippen LogP contribution < -0.4 is 5.32 Å². The average Bonchev–Trinajstić information content (AvgIpc) is 2.52. The number of thiazole rings is 1. The number of nitrogens with zero attached hydrogens (tertiary/aromatic N) is 1. The van der Waals surface area contributed by atoms with Gasteiger partial charge in [-0.25, -0.2) is 4.98 Å². The fourth-order valence-electron chi connectivity index (χ4n) is 1.06. The van der Waals surface area contributed by atoms with Crippen LogP contribution in [0.3, 0.4) is 0 Å². The Kier molecular flexibility index (Phi) is 4.32. The molecule has 0 fully saturated rings. The Bertz CT molecular complexity index is 250. The Morgan fingerprint density at radius 1 is 1.69 bits per heavy atom. The molecule has 0 saturated heterocycles. The summed E-state index contributed by atoms with van der Waals surface area (Å²) in [6.07, 6.45) is 2.47. The summed E-state index contributed by atoms with van der Waals surface area (Å²) in [5.41, 5.74) is 0. The highest BCUT2D eigenvalue weighted by Gasteiger charge is 2.06. The van der Waals surface area contributed by atoms with Crippen molar-refractivity contribution in [2.24, 2.45) is 0 Å². The first-order valence-corrected chi connectivity index (χ1v) is 5.27. The summed E-state index contributed by atoms with van der Waals surface area (Å²) in [5.74, 6) is 0. The maximum absolute atomic E-state index is 11.8. The third kappa shape index (κ3) is 3.40. The molecule has 1 N–H and O–H groups in total. The Labute approximate surface area is 82.2 Å². The summed E-state index contributed by atoms with van der Waals surface area (Å²) in [6.45, 7) is 4.55. The van der Waals surface area contributed by atoms with Crippen molar-refractivity contribution in [3.05, 3.63) is 16.1 Å². The summed E-state index contributed by atoms with van der Waals surface area (Å²) in [4.78, 5) is 5.39. The summed E-state index contributed by atoms with van der Waals surface area (Å²) in [6, 6.07) is 0.290. The van der Waals surface area contributed by atoms with Gasteiger partial charge in [0.2, 0.25) is 0 Å². The van der Waals surface area contributed by atoms with E-state index < -0.39 is 0 Å². The Balaban J connectivity index is 2.35. The molecule has 0 radical (unpaired) electrons. The van der Waals surface area contributed by atoms with Gasteiger partial charge < -0.3 is 5.32 Å². The first-order chi connectivity index (χ1) is 6.24. The minimum atomic E-state index is -0.249. The minimum absolute atomic E-state index is 0.249. The van der Waals surface area contributed by atoms with E-state index in [4.69, 9.17) is 0 Å². The molecule has 0 aromatic carbocycles. The first-order valence-electron chi connectivity index (χ1n) is 4.45. The number of aryl methyl sites for hydroxylation is 1. The van der Waals surface area contributed by atoms with Crippen molar-refractivity contribution in [1.82, 2.24) is 10.3 Å².